The third-order valence-electron chi connectivity index (χ3n) is 6.20. The zero-order chi connectivity index (χ0) is 33.2. The first kappa shape index (κ1) is 33.0. The summed E-state index contributed by atoms with van der Waals surface area (Å²) < 4.78 is 78.6. The van der Waals surface area contributed by atoms with Crippen LogP contribution in [0.15, 0.2) is 64.8 Å². The summed E-state index contributed by atoms with van der Waals surface area (Å²) in [4.78, 5) is 28.3. The molecule has 0 unspecified atom stereocenters. The number of benzene rings is 2. The first-order chi connectivity index (χ1) is 20.9. The molecule has 1 fully saturated rings. The van der Waals surface area contributed by atoms with Crippen LogP contribution in [0.5, 0.6) is 0 Å². The van der Waals surface area contributed by atoms with Crippen LogP contribution in [0.2, 0.25) is 0 Å². The van der Waals surface area contributed by atoms with Crippen molar-refractivity contribution in [3.8, 4) is 16.9 Å². The highest BCUT2D eigenvalue weighted by Gasteiger charge is 2.40. The lowest BCUT2D eigenvalue weighted by molar-refractivity contribution is -0.726. The number of carbonyl (C=O) groups is 2. The zero-order valence-corrected chi connectivity index (χ0v) is 25.3. The lowest BCUT2D eigenvalue weighted by Gasteiger charge is -2.32. The van der Waals surface area contributed by atoms with Gasteiger partial charge in [-0.3, -0.25) is 4.79 Å². The number of halogens is 3. The van der Waals surface area contributed by atoms with E-state index in [0.29, 0.717) is 5.56 Å². The van der Waals surface area contributed by atoms with E-state index < -0.39 is 52.3 Å². The van der Waals surface area contributed by atoms with Gasteiger partial charge in [-0.15, -0.1) is 5.01 Å². The largest absolute Gasteiger partial charge is 0.569 e. The SMILES string of the molecule is Cc1ccc(-c2cc(C(F)(F)F)nn2-c2ccc(S(=O)(=O)NC(=O)C3CN(/[N+]([O-])=N/OCOC(=O)OC(C)(C)C)C3)cc2)cc1. The molecule has 1 saturated heterocycles. The summed E-state index contributed by atoms with van der Waals surface area (Å²) in [6, 6.07) is 12.4. The Morgan fingerprint density at radius 2 is 1.71 bits per heavy atom. The summed E-state index contributed by atoms with van der Waals surface area (Å²) in [7, 11) is -4.37. The maximum atomic E-state index is 13.5. The van der Waals surface area contributed by atoms with Gasteiger partial charge in [0.1, 0.15) is 5.60 Å². The Labute approximate surface area is 255 Å². The first-order valence-corrected chi connectivity index (χ1v) is 14.7. The van der Waals surface area contributed by atoms with Gasteiger partial charge in [0.15, 0.2) is 5.69 Å². The van der Waals surface area contributed by atoms with Crippen molar-refractivity contribution in [1.82, 2.24) is 19.5 Å². The summed E-state index contributed by atoms with van der Waals surface area (Å²) >= 11 is 0. The van der Waals surface area contributed by atoms with Crippen molar-refractivity contribution in [2.45, 2.75) is 44.4 Å². The van der Waals surface area contributed by atoms with Gasteiger partial charge in [0.2, 0.25) is 11.2 Å². The van der Waals surface area contributed by atoms with E-state index in [1.54, 1.807) is 45.0 Å². The molecule has 1 aliphatic heterocycles. The number of aromatic nitrogens is 2. The molecule has 18 heteroatoms. The Hall–Kier alpha value is -4.87. The molecule has 0 saturated carbocycles. The Morgan fingerprint density at radius 1 is 1.09 bits per heavy atom. The lowest BCUT2D eigenvalue weighted by atomic mass is 10.0. The van der Waals surface area contributed by atoms with Crippen LogP contribution in [0.1, 0.15) is 32.0 Å². The van der Waals surface area contributed by atoms with Gasteiger partial charge in [-0.2, -0.15) is 18.3 Å². The summed E-state index contributed by atoms with van der Waals surface area (Å²) in [5, 5.41) is 19.8. The fourth-order valence-corrected chi connectivity index (χ4v) is 4.97. The minimum absolute atomic E-state index is 0.0137. The fraction of sp³-hybridized carbons (Fsp3) is 0.370. The van der Waals surface area contributed by atoms with E-state index >= 15 is 0 Å². The van der Waals surface area contributed by atoms with E-state index in [1.165, 1.54) is 12.1 Å². The maximum Gasteiger partial charge on any atom is 0.511 e. The Bertz CT molecular complexity index is 1680. The van der Waals surface area contributed by atoms with Crippen LogP contribution in [0.25, 0.3) is 16.9 Å². The van der Waals surface area contributed by atoms with Crippen molar-refractivity contribution in [1.29, 1.82) is 0 Å². The number of nitrogens with zero attached hydrogens (tertiary/aromatic N) is 5. The number of alkyl halides is 3. The number of sulfonamides is 1. The van der Waals surface area contributed by atoms with Gasteiger partial charge in [-0.1, -0.05) is 29.8 Å². The number of hydrazine groups is 1. The minimum Gasteiger partial charge on any atom is -0.569 e. The molecular formula is C27H29F3N6O8S. The molecule has 45 heavy (non-hydrogen) atoms. The quantitative estimate of drug-likeness (QED) is 0.0876. The highest BCUT2D eigenvalue weighted by Crippen LogP contribution is 2.33. The number of aryl methyl sites for hydroxylation is 1. The highest BCUT2D eigenvalue weighted by atomic mass is 32.2. The molecule has 1 amide bonds. The molecule has 242 valence electrons. The Kier molecular flexibility index (Phi) is 9.27. The monoisotopic (exact) mass is 654 g/mol. The molecule has 14 nitrogen and oxygen atoms in total. The predicted molar refractivity (Wildman–Crippen MR) is 148 cm³/mol. The molecule has 0 spiro atoms. The number of nitrogens with one attached hydrogen (secondary N) is 1. The summed E-state index contributed by atoms with van der Waals surface area (Å²) in [6.45, 7) is 5.62. The van der Waals surface area contributed by atoms with Crippen molar-refractivity contribution in [3.63, 3.8) is 0 Å². The van der Waals surface area contributed by atoms with E-state index in [1.807, 2.05) is 11.6 Å². The zero-order valence-electron chi connectivity index (χ0n) is 24.4. The number of rotatable bonds is 9. The standard InChI is InChI=1S/C27H29F3N6O8S/c1-17-5-7-18(8-6-17)22-13-23(27(28,29)30)31-35(22)20-9-11-21(12-10-20)45(40,41)32-24(37)19-14-34(15-19)36(39)33-43-16-42-25(38)44-26(2,3)4/h5-13,19H,14-16H2,1-4H3,(H,32,37)/b36-33-. The van der Waals surface area contributed by atoms with Gasteiger partial charge in [0.25, 0.3) is 16.8 Å². The average Bonchev–Trinajstić information content (AvgIpc) is 3.36. The van der Waals surface area contributed by atoms with E-state index in [2.05, 4.69) is 20.0 Å². The van der Waals surface area contributed by atoms with Crippen LogP contribution in [-0.2, 0) is 35.3 Å². The smallest absolute Gasteiger partial charge is 0.511 e. The molecule has 1 aromatic heterocycles. The van der Waals surface area contributed by atoms with Crippen LogP contribution in [0.4, 0.5) is 18.0 Å². The van der Waals surface area contributed by atoms with Crippen LogP contribution in [0, 0.1) is 18.0 Å². The molecular weight excluding hydrogens is 625 g/mol. The highest BCUT2D eigenvalue weighted by molar-refractivity contribution is 7.90. The summed E-state index contributed by atoms with van der Waals surface area (Å²) in [6.07, 6.45) is -5.74. The second kappa shape index (κ2) is 12.6. The molecule has 1 N–H and O–H groups in total. The number of hydrogen-bond acceptors (Lipinski definition) is 10. The topological polar surface area (TPSA) is 167 Å². The molecule has 0 atom stereocenters. The average molecular weight is 655 g/mol. The van der Waals surface area contributed by atoms with Crippen molar-refractivity contribution < 1.29 is 50.5 Å². The number of ether oxygens (including phenoxy) is 2. The van der Waals surface area contributed by atoms with Crippen LogP contribution in [0.3, 0.4) is 0 Å². The van der Waals surface area contributed by atoms with Crippen molar-refractivity contribution in [2.75, 3.05) is 19.9 Å². The van der Waals surface area contributed by atoms with Gasteiger partial charge in [0, 0.05) is 5.56 Å². The molecule has 1 aliphatic rings. The molecule has 0 aliphatic carbocycles. The number of carbonyl (C=O) groups excluding carboxylic acids is 2. The lowest BCUT2D eigenvalue weighted by Crippen LogP contribution is -2.56. The molecule has 2 aromatic carbocycles. The van der Waals surface area contributed by atoms with E-state index in [0.717, 1.165) is 33.5 Å². The first-order valence-electron chi connectivity index (χ1n) is 13.3. The number of hydrogen-bond donors (Lipinski definition) is 1. The third kappa shape index (κ3) is 8.40. The normalized spacial score (nSPS) is 14.5. The predicted octanol–water partition coefficient (Wildman–Crippen LogP) is 4.32. The van der Waals surface area contributed by atoms with Crippen LogP contribution in [-0.4, -0.2) is 65.7 Å². The molecule has 0 bridgehead atoms. The molecule has 2 heterocycles. The van der Waals surface area contributed by atoms with Crippen LogP contribution < -0.4 is 4.72 Å². The molecule has 0 radical (unpaired) electrons. The van der Waals surface area contributed by atoms with Crippen molar-refractivity contribution in [3.05, 3.63) is 71.1 Å². The second-order valence-corrected chi connectivity index (χ2v) is 12.6. The van der Waals surface area contributed by atoms with Crippen LogP contribution >= 0.6 is 0 Å². The minimum atomic E-state index is -4.71. The van der Waals surface area contributed by atoms with Crippen molar-refractivity contribution >= 4 is 22.1 Å². The van der Waals surface area contributed by atoms with Gasteiger partial charge in [0.05, 0.1) is 40.3 Å². The Morgan fingerprint density at radius 3 is 2.29 bits per heavy atom. The van der Waals surface area contributed by atoms with Gasteiger partial charge in [-0.25, -0.2) is 22.6 Å². The van der Waals surface area contributed by atoms with Gasteiger partial charge < -0.3 is 19.5 Å². The number of amides is 1. The summed E-state index contributed by atoms with van der Waals surface area (Å²) in [5.41, 5.74) is -0.253. The third-order valence-corrected chi connectivity index (χ3v) is 7.56. The van der Waals surface area contributed by atoms with Crippen molar-refractivity contribution in [2.24, 2.45) is 11.2 Å². The van der Waals surface area contributed by atoms with E-state index in [-0.39, 0.29) is 34.3 Å². The second-order valence-electron chi connectivity index (χ2n) is 10.9. The van der Waals surface area contributed by atoms with Gasteiger partial charge in [-0.05, 0) is 58.0 Å². The molecule has 4 rings (SSSR count). The van der Waals surface area contributed by atoms with E-state index in [4.69, 9.17) is 4.74 Å². The fourth-order valence-electron chi connectivity index (χ4n) is 3.93. The van der Waals surface area contributed by atoms with Gasteiger partial charge >= 0.3 is 12.3 Å². The maximum absolute atomic E-state index is 13.5. The molecule has 3 aromatic rings. The van der Waals surface area contributed by atoms with E-state index in [9.17, 15) is 36.4 Å². The summed E-state index contributed by atoms with van der Waals surface area (Å²) in [5.74, 6) is -1.77. The Balaban J connectivity index is 1.36.